The van der Waals surface area contributed by atoms with Crippen LogP contribution in [0.3, 0.4) is 0 Å². The Balaban J connectivity index is 2.65. The van der Waals surface area contributed by atoms with Crippen LogP contribution >= 0.6 is 0 Å². The van der Waals surface area contributed by atoms with E-state index in [4.69, 9.17) is 10.5 Å². The summed E-state index contributed by atoms with van der Waals surface area (Å²) in [4.78, 5) is 10.6. The molecule has 1 aliphatic rings. The van der Waals surface area contributed by atoms with Gasteiger partial charge in [-0.25, -0.2) is 0 Å². The number of esters is 1. The zero-order valence-electron chi connectivity index (χ0n) is 5.63. The van der Waals surface area contributed by atoms with Gasteiger partial charge < -0.3 is 10.5 Å². The molecule has 52 valence electrons. The molecule has 0 unspecified atom stereocenters. The van der Waals surface area contributed by atoms with Crippen molar-refractivity contribution >= 4 is 5.97 Å². The van der Waals surface area contributed by atoms with Crippen LogP contribution in [0.15, 0.2) is 0 Å². The first-order valence-electron chi connectivity index (χ1n) is 3.09. The standard InChI is InChI=1S/C6H11NO2/c1-3-4(2)9-6(8)5(3)7/h3-5H,7H2,1-2H3/t3-,4-,5+/m1/s1. The molecule has 0 aromatic heterocycles. The summed E-state index contributed by atoms with van der Waals surface area (Å²) in [6, 6.07) is -0.403. The fourth-order valence-corrected chi connectivity index (χ4v) is 0.876. The van der Waals surface area contributed by atoms with Gasteiger partial charge in [0.2, 0.25) is 0 Å². The minimum atomic E-state index is -0.403. The first-order valence-corrected chi connectivity index (χ1v) is 3.09. The molecule has 0 aliphatic carbocycles. The average molecular weight is 129 g/mol. The highest BCUT2D eigenvalue weighted by Gasteiger charge is 2.36. The number of nitrogens with two attached hydrogens (primary N) is 1. The van der Waals surface area contributed by atoms with Gasteiger partial charge in [-0.1, -0.05) is 6.92 Å². The predicted octanol–water partition coefficient (Wildman–Crippen LogP) is -0.105. The lowest BCUT2D eigenvalue weighted by Crippen LogP contribution is -2.31. The summed E-state index contributed by atoms with van der Waals surface area (Å²) in [5, 5.41) is 0. The van der Waals surface area contributed by atoms with Gasteiger partial charge in [-0.2, -0.15) is 0 Å². The number of hydrogen-bond acceptors (Lipinski definition) is 3. The van der Waals surface area contributed by atoms with Crippen molar-refractivity contribution in [2.75, 3.05) is 0 Å². The molecule has 3 heteroatoms. The molecule has 0 bridgehead atoms. The molecule has 1 fully saturated rings. The molecule has 2 N–H and O–H groups in total. The summed E-state index contributed by atoms with van der Waals surface area (Å²) in [5.74, 6) is -0.104. The molecule has 9 heavy (non-hydrogen) atoms. The number of cyclic esters (lactones) is 1. The fraction of sp³-hybridized carbons (Fsp3) is 0.833. The Morgan fingerprint density at radius 1 is 1.56 bits per heavy atom. The summed E-state index contributed by atoms with van der Waals surface area (Å²) in [5.41, 5.74) is 5.44. The van der Waals surface area contributed by atoms with Gasteiger partial charge in [-0.05, 0) is 6.92 Å². The van der Waals surface area contributed by atoms with Crippen LogP contribution in [-0.4, -0.2) is 18.1 Å². The van der Waals surface area contributed by atoms with E-state index >= 15 is 0 Å². The zero-order valence-corrected chi connectivity index (χ0v) is 5.63. The van der Waals surface area contributed by atoms with E-state index in [1.165, 1.54) is 0 Å². The quantitative estimate of drug-likeness (QED) is 0.464. The van der Waals surface area contributed by atoms with Gasteiger partial charge in [0.1, 0.15) is 12.1 Å². The van der Waals surface area contributed by atoms with Gasteiger partial charge >= 0.3 is 5.97 Å². The Kier molecular flexibility index (Phi) is 1.45. The van der Waals surface area contributed by atoms with E-state index in [9.17, 15) is 4.79 Å². The summed E-state index contributed by atoms with van der Waals surface area (Å²) < 4.78 is 4.82. The molecule has 0 saturated carbocycles. The molecular weight excluding hydrogens is 118 g/mol. The second-order valence-corrected chi connectivity index (χ2v) is 2.53. The number of rotatable bonds is 0. The lowest BCUT2D eigenvalue weighted by molar-refractivity contribution is -0.141. The summed E-state index contributed by atoms with van der Waals surface area (Å²) in [6.07, 6.45) is -0.00694. The van der Waals surface area contributed by atoms with Crippen LogP contribution in [0.25, 0.3) is 0 Å². The number of carbonyl (C=O) groups excluding carboxylic acids is 1. The second kappa shape index (κ2) is 1.99. The van der Waals surface area contributed by atoms with Crippen LogP contribution in [-0.2, 0) is 9.53 Å². The molecule has 3 nitrogen and oxygen atoms in total. The first kappa shape index (κ1) is 6.55. The Morgan fingerprint density at radius 2 is 2.11 bits per heavy atom. The van der Waals surface area contributed by atoms with Crippen molar-refractivity contribution in [3.8, 4) is 0 Å². The van der Waals surface area contributed by atoms with Gasteiger partial charge in [0, 0.05) is 5.92 Å². The van der Waals surface area contributed by atoms with Crippen LogP contribution in [0.1, 0.15) is 13.8 Å². The molecule has 1 aliphatic heterocycles. The predicted molar refractivity (Wildman–Crippen MR) is 32.7 cm³/mol. The van der Waals surface area contributed by atoms with Gasteiger partial charge in [0.05, 0.1) is 0 Å². The van der Waals surface area contributed by atoms with E-state index in [2.05, 4.69) is 0 Å². The Bertz CT molecular complexity index is 135. The minimum absolute atomic E-state index is 0.00694. The van der Waals surface area contributed by atoms with Crippen molar-refractivity contribution < 1.29 is 9.53 Å². The smallest absolute Gasteiger partial charge is 0.323 e. The molecule has 0 aromatic rings. The molecule has 1 rings (SSSR count). The number of ether oxygens (including phenoxy) is 1. The van der Waals surface area contributed by atoms with Crippen molar-refractivity contribution in [3.05, 3.63) is 0 Å². The fourth-order valence-electron chi connectivity index (χ4n) is 0.876. The Hall–Kier alpha value is -0.570. The molecule has 3 atom stereocenters. The Labute approximate surface area is 54.2 Å². The third kappa shape index (κ3) is 0.920. The maximum Gasteiger partial charge on any atom is 0.323 e. The van der Waals surface area contributed by atoms with Gasteiger partial charge in [0.25, 0.3) is 0 Å². The topological polar surface area (TPSA) is 52.3 Å². The summed E-state index contributed by atoms with van der Waals surface area (Å²) in [7, 11) is 0. The van der Waals surface area contributed by atoms with Crippen molar-refractivity contribution in [1.29, 1.82) is 0 Å². The van der Waals surface area contributed by atoms with E-state index in [1.54, 1.807) is 0 Å². The van der Waals surface area contributed by atoms with Crippen molar-refractivity contribution in [2.45, 2.75) is 26.0 Å². The average Bonchev–Trinajstić information content (AvgIpc) is 1.98. The number of carbonyl (C=O) groups is 1. The molecule has 0 amide bonds. The molecule has 0 aromatic carbocycles. The maximum absolute atomic E-state index is 10.6. The first-order chi connectivity index (χ1) is 4.13. The normalized spacial score (nSPS) is 43.0. The molecular formula is C6H11NO2. The van der Waals surface area contributed by atoms with E-state index < -0.39 is 6.04 Å². The third-order valence-corrected chi connectivity index (χ3v) is 1.88. The van der Waals surface area contributed by atoms with Crippen LogP contribution < -0.4 is 5.73 Å². The van der Waals surface area contributed by atoms with Crippen LogP contribution in [0.2, 0.25) is 0 Å². The lowest BCUT2D eigenvalue weighted by Gasteiger charge is -2.06. The van der Waals surface area contributed by atoms with Crippen LogP contribution in [0, 0.1) is 5.92 Å². The SMILES string of the molecule is C[C@H]1[C@H](N)C(=O)O[C@@H]1C. The minimum Gasteiger partial charge on any atom is -0.461 e. The van der Waals surface area contributed by atoms with Gasteiger partial charge in [-0.15, -0.1) is 0 Å². The summed E-state index contributed by atoms with van der Waals surface area (Å²) in [6.45, 7) is 3.77. The second-order valence-electron chi connectivity index (χ2n) is 2.53. The largest absolute Gasteiger partial charge is 0.461 e. The van der Waals surface area contributed by atoms with Gasteiger partial charge in [0.15, 0.2) is 0 Å². The highest BCUT2D eigenvalue weighted by molar-refractivity contribution is 5.78. The molecule has 1 heterocycles. The van der Waals surface area contributed by atoms with E-state index in [1.807, 2.05) is 13.8 Å². The highest BCUT2D eigenvalue weighted by Crippen LogP contribution is 2.19. The zero-order chi connectivity index (χ0) is 7.02. The lowest BCUT2D eigenvalue weighted by atomic mass is 10.0. The van der Waals surface area contributed by atoms with Crippen molar-refractivity contribution in [3.63, 3.8) is 0 Å². The van der Waals surface area contributed by atoms with Crippen molar-refractivity contribution in [2.24, 2.45) is 11.7 Å². The van der Waals surface area contributed by atoms with Crippen LogP contribution in [0.5, 0.6) is 0 Å². The highest BCUT2D eigenvalue weighted by atomic mass is 16.6. The van der Waals surface area contributed by atoms with Crippen LogP contribution in [0.4, 0.5) is 0 Å². The maximum atomic E-state index is 10.6. The Morgan fingerprint density at radius 3 is 2.22 bits per heavy atom. The molecule has 0 radical (unpaired) electrons. The van der Waals surface area contributed by atoms with E-state index in [0.29, 0.717) is 0 Å². The molecule has 1 saturated heterocycles. The van der Waals surface area contributed by atoms with Gasteiger partial charge in [-0.3, -0.25) is 4.79 Å². The number of hydrogen-bond donors (Lipinski definition) is 1. The van der Waals surface area contributed by atoms with E-state index in [0.717, 1.165) is 0 Å². The van der Waals surface area contributed by atoms with E-state index in [-0.39, 0.29) is 18.0 Å². The summed E-state index contributed by atoms with van der Waals surface area (Å²) >= 11 is 0. The van der Waals surface area contributed by atoms with Crippen molar-refractivity contribution in [1.82, 2.24) is 0 Å². The monoisotopic (exact) mass is 129 g/mol. The third-order valence-electron chi connectivity index (χ3n) is 1.88. The molecule has 0 spiro atoms.